The van der Waals surface area contributed by atoms with E-state index in [-0.39, 0.29) is 18.0 Å². The van der Waals surface area contributed by atoms with E-state index in [0.29, 0.717) is 29.8 Å². The molecule has 2 aliphatic rings. The molecule has 2 aliphatic carbocycles. The third-order valence-electron chi connectivity index (χ3n) is 6.61. The fraction of sp³-hybridized carbons (Fsp3) is 0.960. The van der Waals surface area contributed by atoms with Gasteiger partial charge in [0.1, 0.15) is 0 Å². The van der Waals surface area contributed by atoms with Crippen molar-refractivity contribution < 1.29 is 19.0 Å². The molecule has 4 nitrogen and oxygen atoms in total. The first-order valence-corrected chi connectivity index (χ1v) is 14.0. The minimum absolute atomic E-state index is 0.0127. The summed E-state index contributed by atoms with van der Waals surface area (Å²) < 4.78 is 18.0. The minimum atomic E-state index is 0.0127. The van der Waals surface area contributed by atoms with Gasteiger partial charge in [-0.15, -0.1) is 0 Å². The lowest BCUT2D eigenvalue weighted by molar-refractivity contribution is -0.150. The summed E-state index contributed by atoms with van der Waals surface area (Å²) >= 11 is 2.46. The quantitative estimate of drug-likeness (QED) is 0.0978. The Morgan fingerprint density at radius 3 is 2.17 bits per heavy atom. The predicted molar refractivity (Wildman–Crippen MR) is 131 cm³/mol. The molecule has 0 spiro atoms. The summed E-state index contributed by atoms with van der Waals surface area (Å²) in [6.45, 7) is 4.22. The summed E-state index contributed by atoms with van der Waals surface area (Å²) in [5.41, 5.74) is 0. The van der Waals surface area contributed by atoms with Crippen molar-refractivity contribution in [1.82, 2.24) is 0 Å². The van der Waals surface area contributed by atoms with Crippen LogP contribution in [0.15, 0.2) is 0 Å². The average Bonchev–Trinajstić information content (AvgIpc) is 2.77. The third kappa shape index (κ3) is 11.1. The molecule has 2 saturated carbocycles. The van der Waals surface area contributed by atoms with Crippen LogP contribution in [0.1, 0.15) is 110 Å². The van der Waals surface area contributed by atoms with Crippen molar-refractivity contribution in [2.75, 3.05) is 19.8 Å². The number of hydrogen-bond acceptors (Lipinski definition) is 4. The number of carbonyl (C=O) groups excluding carboxylic acids is 1. The van der Waals surface area contributed by atoms with E-state index in [9.17, 15) is 4.79 Å². The van der Waals surface area contributed by atoms with E-state index in [2.05, 4.69) is 29.5 Å². The summed E-state index contributed by atoms with van der Waals surface area (Å²) in [5, 5.41) is 0. The van der Waals surface area contributed by atoms with Gasteiger partial charge in [0.05, 0.1) is 37.9 Å². The van der Waals surface area contributed by atoms with E-state index in [1.54, 1.807) is 0 Å². The van der Waals surface area contributed by atoms with Crippen LogP contribution in [0.2, 0.25) is 0 Å². The lowest BCUT2D eigenvalue weighted by Crippen LogP contribution is -2.36. The fourth-order valence-electron chi connectivity index (χ4n) is 4.66. The molecule has 5 heteroatoms. The maximum Gasteiger partial charge on any atom is 0.308 e. The maximum atomic E-state index is 12.4. The molecule has 0 aliphatic heterocycles. The van der Waals surface area contributed by atoms with Crippen LogP contribution in [0.5, 0.6) is 0 Å². The molecule has 0 saturated heterocycles. The largest absolute Gasteiger partial charge is 0.465 e. The Bertz CT molecular complexity index is 439. The van der Waals surface area contributed by atoms with Crippen LogP contribution in [0.25, 0.3) is 0 Å². The highest BCUT2D eigenvalue weighted by Crippen LogP contribution is 2.32. The SMILES string of the molecule is CCCCCCCCCCOC(=O)C1CCC(OCCOC2CCCCC2)C(I)C1. The Hall–Kier alpha value is 0.120. The molecule has 0 N–H and O–H groups in total. The number of carbonyl (C=O) groups is 1. The van der Waals surface area contributed by atoms with Gasteiger partial charge in [0, 0.05) is 3.92 Å². The normalized spacial score (nSPS) is 25.3. The smallest absolute Gasteiger partial charge is 0.308 e. The van der Waals surface area contributed by atoms with Gasteiger partial charge in [-0.2, -0.15) is 0 Å². The Kier molecular flexibility index (Phi) is 14.7. The Labute approximate surface area is 198 Å². The highest BCUT2D eigenvalue weighted by Gasteiger charge is 2.33. The van der Waals surface area contributed by atoms with Crippen LogP contribution < -0.4 is 0 Å². The number of hydrogen-bond donors (Lipinski definition) is 0. The fourth-order valence-corrected chi connectivity index (χ4v) is 5.84. The molecule has 0 heterocycles. The molecule has 0 aromatic carbocycles. The van der Waals surface area contributed by atoms with Gasteiger partial charge in [-0.05, 0) is 38.5 Å². The first-order valence-electron chi connectivity index (χ1n) is 12.7. The third-order valence-corrected chi connectivity index (χ3v) is 7.92. The Balaban J connectivity index is 1.47. The van der Waals surface area contributed by atoms with Crippen LogP contribution in [0, 0.1) is 5.92 Å². The molecule has 3 atom stereocenters. The number of esters is 1. The van der Waals surface area contributed by atoms with Crippen molar-refractivity contribution in [2.45, 2.75) is 126 Å². The molecule has 30 heavy (non-hydrogen) atoms. The lowest BCUT2D eigenvalue weighted by Gasteiger charge is -2.32. The van der Waals surface area contributed by atoms with Crippen molar-refractivity contribution in [1.29, 1.82) is 0 Å². The summed E-state index contributed by atoms with van der Waals surface area (Å²) in [6, 6.07) is 0. The van der Waals surface area contributed by atoms with Crippen molar-refractivity contribution in [3.8, 4) is 0 Å². The van der Waals surface area contributed by atoms with E-state index in [1.165, 1.54) is 77.0 Å². The van der Waals surface area contributed by atoms with Gasteiger partial charge in [0.2, 0.25) is 0 Å². The predicted octanol–water partition coefficient (Wildman–Crippen LogP) is 7.01. The van der Waals surface area contributed by atoms with Crippen molar-refractivity contribution in [3.05, 3.63) is 0 Å². The molecular formula is C25H45IO4. The zero-order valence-electron chi connectivity index (χ0n) is 19.3. The topological polar surface area (TPSA) is 44.8 Å². The van der Waals surface area contributed by atoms with Crippen molar-refractivity contribution in [2.24, 2.45) is 5.92 Å². The van der Waals surface area contributed by atoms with E-state index in [0.717, 1.165) is 25.7 Å². The summed E-state index contributed by atoms with van der Waals surface area (Å²) in [4.78, 5) is 12.4. The Morgan fingerprint density at radius 2 is 1.47 bits per heavy atom. The molecule has 2 rings (SSSR count). The second-order valence-corrected chi connectivity index (χ2v) is 10.8. The number of halogens is 1. The van der Waals surface area contributed by atoms with Gasteiger partial charge in [-0.3, -0.25) is 4.79 Å². The van der Waals surface area contributed by atoms with E-state index >= 15 is 0 Å². The van der Waals surface area contributed by atoms with Gasteiger partial charge < -0.3 is 14.2 Å². The van der Waals surface area contributed by atoms with Gasteiger partial charge >= 0.3 is 5.97 Å². The molecule has 2 fully saturated rings. The van der Waals surface area contributed by atoms with Crippen LogP contribution >= 0.6 is 22.6 Å². The summed E-state index contributed by atoms with van der Waals surface area (Å²) in [6.07, 6.45) is 20.0. The second-order valence-electron chi connectivity index (χ2n) is 9.21. The zero-order valence-corrected chi connectivity index (χ0v) is 21.4. The number of ether oxygens (including phenoxy) is 3. The monoisotopic (exact) mass is 536 g/mol. The van der Waals surface area contributed by atoms with Gasteiger partial charge in [-0.1, -0.05) is 93.7 Å². The van der Waals surface area contributed by atoms with Crippen LogP contribution in [-0.2, 0) is 19.0 Å². The van der Waals surface area contributed by atoms with Gasteiger partial charge in [0.15, 0.2) is 0 Å². The first-order chi connectivity index (χ1) is 14.7. The molecule has 0 aromatic rings. The standard InChI is InChI=1S/C25H45IO4/c1-2-3-4-5-6-7-8-12-17-30-25(27)21-15-16-24(23(26)20-21)29-19-18-28-22-13-10-9-11-14-22/h21-24H,2-20H2,1H3. The lowest BCUT2D eigenvalue weighted by atomic mass is 9.87. The van der Waals surface area contributed by atoms with Gasteiger partial charge in [-0.25, -0.2) is 0 Å². The molecular weight excluding hydrogens is 491 g/mol. The molecule has 0 radical (unpaired) electrons. The van der Waals surface area contributed by atoms with Crippen LogP contribution in [0.3, 0.4) is 0 Å². The first kappa shape index (κ1) is 26.4. The molecule has 176 valence electrons. The van der Waals surface area contributed by atoms with E-state index in [4.69, 9.17) is 14.2 Å². The molecule has 0 aromatic heterocycles. The highest BCUT2D eigenvalue weighted by atomic mass is 127. The highest BCUT2D eigenvalue weighted by molar-refractivity contribution is 14.1. The number of rotatable bonds is 15. The molecule has 0 bridgehead atoms. The van der Waals surface area contributed by atoms with Crippen molar-refractivity contribution >= 4 is 28.6 Å². The van der Waals surface area contributed by atoms with Crippen molar-refractivity contribution in [3.63, 3.8) is 0 Å². The minimum Gasteiger partial charge on any atom is -0.465 e. The zero-order chi connectivity index (χ0) is 21.4. The summed E-state index contributed by atoms with van der Waals surface area (Å²) in [5.74, 6) is 0.0676. The molecule has 0 amide bonds. The van der Waals surface area contributed by atoms with E-state index < -0.39 is 0 Å². The number of alkyl halides is 1. The molecule has 3 unspecified atom stereocenters. The average molecular weight is 537 g/mol. The van der Waals surface area contributed by atoms with Crippen LogP contribution in [-0.4, -0.2) is 41.9 Å². The van der Waals surface area contributed by atoms with E-state index in [1.807, 2.05) is 0 Å². The van der Waals surface area contributed by atoms with Crippen LogP contribution in [0.4, 0.5) is 0 Å². The second kappa shape index (κ2) is 16.7. The number of unbranched alkanes of at least 4 members (excludes halogenated alkanes) is 7. The van der Waals surface area contributed by atoms with Gasteiger partial charge in [0.25, 0.3) is 0 Å². The Morgan fingerprint density at radius 1 is 0.800 bits per heavy atom. The maximum absolute atomic E-state index is 12.4. The summed E-state index contributed by atoms with van der Waals surface area (Å²) in [7, 11) is 0.